The molecule has 4 aromatic rings. The Hall–Kier alpha value is -3.22. The van der Waals surface area contributed by atoms with E-state index >= 15 is 0 Å². The highest BCUT2D eigenvalue weighted by atomic mass is 32.1. The van der Waals surface area contributed by atoms with Crippen molar-refractivity contribution in [2.75, 3.05) is 25.5 Å². The summed E-state index contributed by atoms with van der Waals surface area (Å²) in [6.07, 6.45) is 2.81. The van der Waals surface area contributed by atoms with Crippen LogP contribution in [0.15, 0.2) is 41.4 Å². The number of aromatic nitrogens is 3. The van der Waals surface area contributed by atoms with Gasteiger partial charge in [0.1, 0.15) is 22.8 Å². The lowest BCUT2D eigenvalue weighted by Gasteiger charge is -2.17. The Morgan fingerprint density at radius 1 is 1.02 bits per heavy atom. The van der Waals surface area contributed by atoms with Crippen LogP contribution in [0.5, 0.6) is 11.5 Å². The van der Waals surface area contributed by atoms with Crippen molar-refractivity contribution in [1.82, 2.24) is 14.5 Å². The minimum absolute atomic E-state index is 0.0461. The highest BCUT2D eigenvalue weighted by Gasteiger charge is 2.24. The average molecular weight is 652 g/mol. The Labute approximate surface area is 252 Å². The topological polar surface area (TPSA) is 212 Å². The molecule has 0 aliphatic carbocycles. The normalized spacial score (nSPS) is 12.0. The third-order valence-corrected chi connectivity index (χ3v) is 7.36. The first-order valence-corrected chi connectivity index (χ1v) is 16.7. The number of pyridine rings is 1. The molecule has 0 fully saturated rings. The molecule has 230 valence electrons. The highest BCUT2D eigenvalue weighted by Crippen LogP contribution is 2.43. The quantitative estimate of drug-likeness (QED) is 0.0529. The molecular weight excluding hydrogens is 620 g/mol. The highest BCUT2D eigenvalue weighted by molar-refractivity contribution is 7.78. The summed E-state index contributed by atoms with van der Waals surface area (Å²) in [4.78, 5) is 50.9. The van der Waals surface area contributed by atoms with Crippen LogP contribution in [0.4, 0.5) is 5.82 Å². The van der Waals surface area contributed by atoms with Gasteiger partial charge in [0.05, 0.1) is 42.5 Å². The van der Waals surface area contributed by atoms with Crippen LogP contribution in [0.3, 0.4) is 0 Å². The smallest absolute Gasteiger partial charge is 0.404 e. The van der Waals surface area contributed by atoms with Crippen LogP contribution in [-0.2, 0) is 33.3 Å². The molecule has 0 spiro atoms. The van der Waals surface area contributed by atoms with E-state index in [9.17, 15) is 28.7 Å². The summed E-state index contributed by atoms with van der Waals surface area (Å²) >= 11 is 4.56. The van der Waals surface area contributed by atoms with Crippen molar-refractivity contribution >= 4 is 60.8 Å². The number of imidazole rings is 1. The molecule has 0 saturated carbocycles. The van der Waals surface area contributed by atoms with Crippen LogP contribution < -0.4 is 14.8 Å². The fourth-order valence-corrected chi connectivity index (χ4v) is 5.48. The fraction of sp³-hybridized carbons (Fsp3) is 0.346. The lowest BCUT2D eigenvalue weighted by atomic mass is 10.1. The molecule has 0 aliphatic heterocycles. The number of aliphatic imine (C=N–C) groups is 1. The average Bonchev–Trinajstić information content (AvgIpc) is 3.28. The van der Waals surface area contributed by atoms with Gasteiger partial charge < -0.3 is 24.1 Å². The number of phosphoric ester groups is 2. The van der Waals surface area contributed by atoms with E-state index in [1.807, 2.05) is 29.7 Å². The van der Waals surface area contributed by atoms with Gasteiger partial charge in [-0.3, -0.25) is 19.6 Å². The zero-order chi connectivity index (χ0) is 31.2. The molecule has 0 saturated heterocycles. The molecule has 14 nitrogen and oxygen atoms in total. The molecule has 2 aromatic carbocycles. The Balaban J connectivity index is 1.84. The molecule has 0 aliphatic rings. The van der Waals surface area contributed by atoms with E-state index in [0.717, 1.165) is 29.9 Å². The molecule has 2 heterocycles. The van der Waals surface area contributed by atoms with Crippen LogP contribution in [0.1, 0.15) is 36.7 Å². The van der Waals surface area contributed by atoms with Gasteiger partial charge in [-0.2, -0.15) is 0 Å². The molecule has 0 radical (unpaired) electrons. The molecule has 0 atom stereocenters. The molecule has 0 bridgehead atoms. The summed E-state index contributed by atoms with van der Waals surface area (Å²) in [6.45, 7) is 3.27. The van der Waals surface area contributed by atoms with E-state index in [1.54, 1.807) is 0 Å². The number of phosphoric acid groups is 2. The number of rotatable bonds is 15. The first-order chi connectivity index (χ1) is 20.4. The first-order valence-electron chi connectivity index (χ1n) is 13.2. The molecule has 0 unspecified atom stereocenters. The monoisotopic (exact) mass is 651 g/mol. The van der Waals surface area contributed by atoms with Crippen molar-refractivity contribution in [2.45, 2.75) is 39.2 Å². The van der Waals surface area contributed by atoms with Gasteiger partial charge in [0.2, 0.25) is 0 Å². The number of aryl methyl sites for hydroxylation is 1. The summed E-state index contributed by atoms with van der Waals surface area (Å²) in [6, 6.07) is 9.30. The number of isothiocyanates is 1. The maximum Gasteiger partial charge on any atom is 0.524 e. The molecule has 0 amide bonds. The summed E-state index contributed by atoms with van der Waals surface area (Å²) in [5.41, 5.74) is 9.18. The third kappa shape index (κ3) is 8.90. The Morgan fingerprint density at radius 3 is 2.49 bits per heavy atom. The van der Waals surface area contributed by atoms with Crippen LogP contribution in [0, 0.1) is 0 Å². The van der Waals surface area contributed by atoms with Crippen molar-refractivity contribution in [2.24, 2.45) is 4.99 Å². The lowest BCUT2D eigenvalue weighted by Crippen LogP contribution is -2.08. The Bertz CT molecular complexity index is 1770. The van der Waals surface area contributed by atoms with Gasteiger partial charge in [0, 0.05) is 17.4 Å². The summed E-state index contributed by atoms with van der Waals surface area (Å²) in [7, 11) is -9.91. The van der Waals surface area contributed by atoms with Crippen molar-refractivity contribution in [3.63, 3.8) is 0 Å². The Morgan fingerprint density at radius 2 is 1.79 bits per heavy atom. The minimum Gasteiger partial charge on any atom is -0.404 e. The van der Waals surface area contributed by atoms with Crippen LogP contribution in [-0.4, -0.2) is 59.0 Å². The third-order valence-electron chi connectivity index (χ3n) is 6.35. The fourth-order valence-electron chi connectivity index (χ4n) is 4.56. The van der Waals surface area contributed by atoms with Crippen LogP contribution in [0.25, 0.3) is 21.9 Å². The Kier molecular flexibility index (Phi) is 10.7. The number of nitrogen functional groups attached to an aromatic ring is 1. The standard InChI is InChI=1S/C26H31N5O9P2S/c1-2-3-4-23-30-24-25(20-13-17(5-7-21(20)29-26(24)27)9-11-38-12-10-28-16-43)31(23)15-18-14-19(39-41(32,33)34)6-8-22(18)40-42(35,36)37/h5-8,13-14H,2-4,9-12,15H2,1H3,(H2,27,29)(H2,32,33,34)(H2,35,36,37). The molecule has 43 heavy (non-hydrogen) atoms. The number of ether oxygens (including phenoxy) is 1. The summed E-state index contributed by atoms with van der Waals surface area (Å²) < 4.78 is 40.4. The maximum atomic E-state index is 11.8. The number of hydrogen-bond donors (Lipinski definition) is 5. The predicted octanol–water partition coefficient (Wildman–Crippen LogP) is 4.16. The van der Waals surface area contributed by atoms with Crippen molar-refractivity contribution < 1.29 is 42.5 Å². The van der Waals surface area contributed by atoms with Gasteiger partial charge in [-0.25, -0.2) is 24.1 Å². The van der Waals surface area contributed by atoms with Gasteiger partial charge >= 0.3 is 15.6 Å². The number of unbranched alkanes of at least 4 members (excludes halogenated alkanes) is 1. The van der Waals surface area contributed by atoms with Crippen molar-refractivity contribution in [1.29, 1.82) is 0 Å². The van der Waals surface area contributed by atoms with Crippen LogP contribution >= 0.6 is 27.9 Å². The van der Waals surface area contributed by atoms with Gasteiger partial charge in [-0.1, -0.05) is 19.4 Å². The van der Waals surface area contributed by atoms with E-state index in [0.29, 0.717) is 55.0 Å². The summed E-state index contributed by atoms with van der Waals surface area (Å²) in [5, 5.41) is 3.04. The number of benzene rings is 2. The van der Waals surface area contributed by atoms with E-state index in [-0.39, 0.29) is 29.4 Å². The zero-order valence-corrected chi connectivity index (χ0v) is 25.7. The molecule has 2 aromatic heterocycles. The van der Waals surface area contributed by atoms with Gasteiger partial charge in [-0.15, -0.1) is 0 Å². The first kappa shape index (κ1) is 32.7. The zero-order valence-electron chi connectivity index (χ0n) is 23.1. The minimum atomic E-state index is -4.99. The van der Waals surface area contributed by atoms with E-state index in [1.165, 1.54) is 12.1 Å². The van der Waals surface area contributed by atoms with E-state index in [4.69, 9.17) is 24.5 Å². The number of thiocarbonyl (C=S) groups is 1. The predicted molar refractivity (Wildman–Crippen MR) is 163 cm³/mol. The second-order valence-electron chi connectivity index (χ2n) is 9.53. The van der Waals surface area contributed by atoms with Crippen molar-refractivity contribution in [3.05, 3.63) is 53.3 Å². The van der Waals surface area contributed by atoms with E-state index in [2.05, 4.69) is 27.4 Å². The lowest BCUT2D eigenvalue weighted by molar-refractivity contribution is 0.145. The number of nitrogens with zero attached hydrogens (tertiary/aromatic N) is 4. The maximum absolute atomic E-state index is 11.8. The molecule has 17 heteroatoms. The van der Waals surface area contributed by atoms with Gasteiger partial charge in [0.15, 0.2) is 5.82 Å². The van der Waals surface area contributed by atoms with Gasteiger partial charge in [-0.05, 0) is 61.0 Å². The second-order valence-corrected chi connectivity index (χ2v) is 12.0. The van der Waals surface area contributed by atoms with E-state index < -0.39 is 15.6 Å². The summed E-state index contributed by atoms with van der Waals surface area (Å²) in [5.74, 6) is 0.427. The van der Waals surface area contributed by atoms with Crippen molar-refractivity contribution in [3.8, 4) is 11.5 Å². The molecule has 4 rings (SSSR count). The number of anilines is 1. The largest absolute Gasteiger partial charge is 0.524 e. The molecule has 6 N–H and O–H groups in total. The number of fused-ring (bicyclic) bond motifs is 3. The molecular formula is C26H31N5O9P2S. The SMILES string of the molecule is CCCCc1nc2c(N)nc3ccc(CCOCCN=C=S)cc3c2n1Cc1cc(OP(=O)(O)O)ccc1OP(=O)(O)O. The van der Waals surface area contributed by atoms with Gasteiger partial charge in [0.25, 0.3) is 0 Å². The number of nitrogens with two attached hydrogens (primary N) is 1. The number of hydrogen-bond acceptors (Lipinski definition) is 10. The second kappa shape index (κ2) is 14.0. The van der Waals surface area contributed by atoms with Crippen LogP contribution in [0.2, 0.25) is 0 Å².